The van der Waals surface area contributed by atoms with Crippen molar-refractivity contribution in [1.82, 2.24) is 4.90 Å². The standard InChI is InChI=1S/C30H35F3N3O3PS/c1-36-15-19-17-39-18-20(16-36)28(19)35-25-8-5-7-22-23(14-30(31,32)33)27(41-29(22)25)9-6-12-34-24-11-10-21(40(3,4)37)13-26(24)38-2/h5,7-8,10-11,13,19-20,28,34-35H,12,14-18H2,1-4H3. The van der Waals surface area contributed by atoms with E-state index in [9.17, 15) is 17.7 Å². The average Bonchev–Trinajstić information content (AvgIpc) is 3.23. The zero-order valence-electron chi connectivity index (χ0n) is 23.6. The molecule has 2 atom stereocenters. The zero-order valence-corrected chi connectivity index (χ0v) is 25.3. The smallest absolute Gasteiger partial charge is 0.393 e. The van der Waals surface area contributed by atoms with E-state index in [-0.39, 0.29) is 18.2 Å². The number of benzene rings is 2. The summed E-state index contributed by atoms with van der Waals surface area (Å²) < 4.78 is 65.5. The second kappa shape index (κ2) is 11.9. The van der Waals surface area contributed by atoms with Gasteiger partial charge in [0.05, 0.1) is 54.2 Å². The van der Waals surface area contributed by atoms with Crippen molar-refractivity contribution in [2.45, 2.75) is 18.6 Å². The number of piperidine rings is 1. The van der Waals surface area contributed by atoms with Crippen molar-refractivity contribution >= 4 is 45.2 Å². The van der Waals surface area contributed by atoms with Crippen molar-refractivity contribution in [1.29, 1.82) is 0 Å². The van der Waals surface area contributed by atoms with Gasteiger partial charge in [-0.15, -0.1) is 11.3 Å². The van der Waals surface area contributed by atoms with Crippen LogP contribution in [0.15, 0.2) is 36.4 Å². The molecule has 0 radical (unpaired) electrons. The Morgan fingerprint density at radius 2 is 1.88 bits per heavy atom. The quantitative estimate of drug-likeness (QED) is 0.266. The number of methoxy groups -OCH3 is 1. The highest BCUT2D eigenvalue weighted by molar-refractivity contribution is 7.70. The molecular formula is C30H35F3N3O3PS. The Kier molecular flexibility index (Phi) is 8.63. The predicted molar refractivity (Wildman–Crippen MR) is 162 cm³/mol. The van der Waals surface area contributed by atoms with Crippen LogP contribution >= 0.6 is 18.5 Å². The van der Waals surface area contributed by atoms with Crippen LogP contribution < -0.4 is 20.7 Å². The minimum Gasteiger partial charge on any atom is -0.495 e. The lowest BCUT2D eigenvalue weighted by atomic mass is 9.82. The van der Waals surface area contributed by atoms with E-state index >= 15 is 0 Å². The van der Waals surface area contributed by atoms with Gasteiger partial charge in [-0.2, -0.15) is 13.2 Å². The second-order valence-electron chi connectivity index (χ2n) is 11.2. The van der Waals surface area contributed by atoms with Gasteiger partial charge in [-0.25, -0.2) is 0 Å². The maximum absolute atomic E-state index is 13.7. The van der Waals surface area contributed by atoms with E-state index in [1.165, 1.54) is 18.4 Å². The molecule has 2 aliphatic heterocycles. The van der Waals surface area contributed by atoms with Crippen molar-refractivity contribution in [3.63, 3.8) is 0 Å². The van der Waals surface area contributed by atoms with Crippen LogP contribution in [0.3, 0.4) is 0 Å². The molecule has 220 valence electrons. The van der Waals surface area contributed by atoms with E-state index in [2.05, 4.69) is 34.4 Å². The first-order valence-electron chi connectivity index (χ1n) is 13.5. The van der Waals surface area contributed by atoms with Crippen LogP contribution in [0.4, 0.5) is 24.5 Å². The van der Waals surface area contributed by atoms with E-state index in [0.717, 1.165) is 23.5 Å². The Hall–Kier alpha value is -2.70. The van der Waals surface area contributed by atoms with Crippen molar-refractivity contribution in [2.75, 3.05) is 71.0 Å². The summed E-state index contributed by atoms with van der Waals surface area (Å²) in [5.74, 6) is 7.18. The number of alkyl halides is 3. The molecular weight excluding hydrogens is 570 g/mol. The van der Waals surface area contributed by atoms with Gasteiger partial charge in [-0.1, -0.05) is 24.0 Å². The summed E-state index contributed by atoms with van der Waals surface area (Å²) in [5.41, 5.74) is 1.73. The Morgan fingerprint density at radius 3 is 2.54 bits per heavy atom. The lowest BCUT2D eigenvalue weighted by Gasteiger charge is -2.46. The van der Waals surface area contributed by atoms with Crippen LogP contribution in [-0.2, 0) is 15.7 Å². The fourth-order valence-electron chi connectivity index (χ4n) is 5.77. The Morgan fingerprint density at radius 1 is 1.15 bits per heavy atom. The summed E-state index contributed by atoms with van der Waals surface area (Å²) in [6, 6.07) is 11.0. The van der Waals surface area contributed by atoms with E-state index in [1.807, 2.05) is 12.1 Å². The number of hydrogen-bond acceptors (Lipinski definition) is 7. The van der Waals surface area contributed by atoms with Crippen molar-refractivity contribution in [3.05, 3.63) is 46.8 Å². The Balaban J connectivity index is 1.41. The third-order valence-corrected chi connectivity index (χ3v) is 10.4. The third kappa shape index (κ3) is 6.86. The lowest BCUT2D eigenvalue weighted by molar-refractivity contribution is -0.126. The average molecular weight is 606 g/mol. The largest absolute Gasteiger partial charge is 0.495 e. The molecule has 0 saturated carbocycles. The first-order valence-corrected chi connectivity index (χ1v) is 16.9. The number of likely N-dealkylation sites (tertiary alicyclic amines) is 1. The van der Waals surface area contributed by atoms with Gasteiger partial charge in [-0.3, -0.25) is 0 Å². The maximum atomic E-state index is 13.7. The molecule has 2 saturated heterocycles. The molecule has 0 aliphatic carbocycles. The number of halogens is 3. The minimum absolute atomic E-state index is 0.202. The van der Waals surface area contributed by atoms with Crippen LogP contribution in [0.1, 0.15) is 10.4 Å². The number of rotatable bonds is 7. The van der Waals surface area contributed by atoms with Gasteiger partial charge in [0.15, 0.2) is 0 Å². The Labute approximate surface area is 243 Å². The molecule has 0 amide bonds. The van der Waals surface area contributed by atoms with Crippen LogP contribution in [0.2, 0.25) is 0 Å². The Bertz CT molecular complexity index is 1510. The third-order valence-electron chi connectivity index (χ3n) is 7.67. The molecule has 41 heavy (non-hydrogen) atoms. The number of hydrogen-bond donors (Lipinski definition) is 2. The van der Waals surface area contributed by atoms with E-state index in [4.69, 9.17) is 9.47 Å². The molecule has 2 aromatic carbocycles. The molecule has 2 aliphatic rings. The molecule has 5 rings (SSSR count). The van der Waals surface area contributed by atoms with E-state index in [1.54, 1.807) is 37.6 Å². The summed E-state index contributed by atoms with van der Waals surface area (Å²) in [6.07, 6.45) is -5.40. The number of anilines is 2. The van der Waals surface area contributed by atoms with Gasteiger partial charge in [0.2, 0.25) is 0 Å². The van der Waals surface area contributed by atoms with E-state index < -0.39 is 19.7 Å². The summed E-state index contributed by atoms with van der Waals surface area (Å²) in [7, 11) is 1.20. The monoisotopic (exact) mass is 605 g/mol. The molecule has 6 nitrogen and oxygen atoms in total. The first kappa shape index (κ1) is 29.8. The second-order valence-corrected chi connectivity index (χ2v) is 15.5. The molecule has 3 aromatic rings. The fourth-order valence-corrected chi connectivity index (χ4v) is 7.80. The predicted octanol–water partition coefficient (Wildman–Crippen LogP) is 5.71. The van der Waals surface area contributed by atoms with Gasteiger partial charge >= 0.3 is 6.18 Å². The van der Waals surface area contributed by atoms with Crippen molar-refractivity contribution < 1.29 is 27.2 Å². The van der Waals surface area contributed by atoms with Crippen LogP contribution in [0.25, 0.3) is 10.1 Å². The summed E-state index contributed by atoms with van der Waals surface area (Å²) in [6.45, 7) is 6.77. The summed E-state index contributed by atoms with van der Waals surface area (Å²) >= 11 is 1.31. The van der Waals surface area contributed by atoms with E-state index in [0.29, 0.717) is 52.1 Å². The summed E-state index contributed by atoms with van der Waals surface area (Å²) in [5, 5.41) is 8.16. The highest BCUT2D eigenvalue weighted by Crippen LogP contribution is 2.41. The molecule has 2 fully saturated rings. The first-order chi connectivity index (χ1) is 19.4. The minimum atomic E-state index is -4.36. The van der Waals surface area contributed by atoms with Gasteiger partial charge in [0, 0.05) is 36.3 Å². The zero-order chi connectivity index (χ0) is 29.4. The molecule has 3 heterocycles. The van der Waals surface area contributed by atoms with Gasteiger partial charge in [0.1, 0.15) is 12.9 Å². The highest BCUT2D eigenvalue weighted by atomic mass is 32.1. The molecule has 2 unspecified atom stereocenters. The normalized spacial score (nSPS) is 21.3. The van der Waals surface area contributed by atoms with Crippen molar-refractivity contribution in [3.8, 4) is 17.6 Å². The molecule has 0 spiro atoms. The lowest BCUT2D eigenvalue weighted by Crippen LogP contribution is -2.57. The van der Waals surface area contributed by atoms with Crippen molar-refractivity contribution in [2.24, 2.45) is 11.8 Å². The van der Waals surface area contributed by atoms with Gasteiger partial charge in [0.25, 0.3) is 0 Å². The van der Waals surface area contributed by atoms with Crippen LogP contribution in [-0.4, -0.2) is 77.5 Å². The molecule has 2 N–H and O–H groups in total. The molecule has 1 aromatic heterocycles. The van der Waals surface area contributed by atoms with Crippen LogP contribution in [0.5, 0.6) is 5.75 Å². The number of fused-ring (bicyclic) bond motifs is 3. The van der Waals surface area contributed by atoms with Gasteiger partial charge < -0.3 is 29.6 Å². The molecule has 2 bridgehead atoms. The SMILES string of the molecule is COc1cc(P(C)(C)=O)ccc1NCC#Cc1sc2c(NC3C4COCC3CN(C)C4)cccc2c1CC(F)(F)F. The maximum Gasteiger partial charge on any atom is 0.393 e. The topological polar surface area (TPSA) is 62.8 Å². The number of nitrogens with zero attached hydrogens (tertiary/aromatic N) is 1. The highest BCUT2D eigenvalue weighted by Gasteiger charge is 2.39. The fraction of sp³-hybridized carbons (Fsp3) is 0.467. The number of ether oxygens (including phenoxy) is 2. The molecule has 11 heteroatoms. The number of nitrogens with one attached hydrogen (secondary N) is 2. The van der Waals surface area contributed by atoms with Crippen LogP contribution in [0, 0.1) is 23.7 Å². The number of thiophene rings is 1. The summed E-state index contributed by atoms with van der Waals surface area (Å²) in [4.78, 5) is 2.74. The van der Waals surface area contributed by atoms with Gasteiger partial charge in [-0.05, 0) is 55.6 Å².